The van der Waals surface area contributed by atoms with Gasteiger partial charge < -0.3 is 4.74 Å². The van der Waals surface area contributed by atoms with Gasteiger partial charge in [0.05, 0.1) is 7.11 Å². The minimum Gasteiger partial charge on any atom is -0.497 e. The molecule has 1 aliphatic carbocycles. The molecule has 20 heavy (non-hydrogen) atoms. The van der Waals surface area contributed by atoms with E-state index in [9.17, 15) is 4.79 Å². The van der Waals surface area contributed by atoms with Crippen LogP contribution in [0.1, 0.15) is 28.4 Å². The molecule has 0 N–H and O–H groups in total. The maximum absolute atomic E-state index is 12.6. The SMILES string of the molecule is COc1cccc(CC2(C)Cc3ccccc3C2=O)c1. The molecule has 0 saturated carbocycles. The van der Waals surface area contributed by atoms with Crippen molar-refractivity contribution in [3.63, 3.8) is 0 Å². The maximum Gasteiger partial charge on any atom is 0.169 e. The number of rotatable bonds is 3. The van der Waals surface area contributed by atoms with E-state index in [1.165, 1.54) is 5.56 Å². The minimum absolute atomic E-state index is 0.260. The summed E-state index contributed by atoms with van der Waals surface area (Å²) in [5.74, 6) is 1.10. The van der Waals surface area contributed by atoms with Crippen LogP contribution in [0.3, 0.4) is 0 Å². The molecule has 1 aliphatic rings. The van der Waals surface area contributed by atoms with Crippen LogP contribution in [0.15, 0.2) is 48.5 Å². The molecule has 0 aliphatic heterocycles. The van der Waals surface area contributed by atoms with E-state index in [1.807, 2.05) is 36.4 Å². The second kappa shape index (κ2) is 4.78. The van der Waals surface area contributed by atoms with Crippen molar-refractivity contribution < 1.29 is 9.53 Å². The molecule has 2 nitrogen and oxygen atoms in total. The molecule has 0 saturated heterocycles. The van der Waals surface area contributed by atoms with Gasteiger partial charge in [-0.15, -0.1) is 0 Å². The average molecular weight is 266 g/mol. The zero-order valence-corrected chi connectivity index (χ0v) is 11.8. The monoisotopic (exact) mass is 266 g/mol. The van der Waals surface area contributed by atoms with E-state index in [4.69, 9.17) is 4.74 Å². The van der Waals surface area contributed by atoms with E-state index >= 15 is 0 Å². The van der Waals surface area contributed by atoms with E-state index in [-0.39, 0.29) is 11.2 Å². The second-order valence-electron chi connectivity index (χ2n) is 5.75. The van der Waals surface area contributed by atoms with Gasteiger partial charge in [0.15, 0.2) is 5.78 Å². The number of fused-ring (bicyclic) bond motifs is 1. The van der Waals surface area contributed by atoms with Crippen LogP contribution < -0.4 is 4.74 Å². The number of carbonyl (C=O) groups excluding carboxylic acids is 1. The van der Waals surface area contributed by atoms with E-state index in [0.29, 0.717) is 0 Å². The van der Waals surface area contributed by atoms with Crippen molar-refractivity contribution in [3.8, 4) is 5.75 Å². The summed E-state index contributed by atoms with van der Waals surface area (Å²) in [7, 11) is 1.66. The Morgan fingerprint density at radius 2 is 1.95 bits per heavy atom. The molecule has 2 aromatic rings. The third-order valence-corrected chi connectivity index (χ3v) is 4.12. The fraction of sp³-hybridized carbons (Fsp3) is 0.278. The van der Waals surface area contributed by atoms with Gasteiger partial charge >= 0.3 is 0 Å². The normalized spacial score (nSPS) is 20.8. The molecule has 1 atom stereocenters. The Balaban J connectivity index is 1.90. The summed E-state index contributed by atoms with van der Waals surface area (Å²) in [5, 5.41) is 0. The summed E-state index contributed by atoms with van der Waals surface area (Å²) in [6.45, 7) is 2.06. The Morgan fingerprint density at radius 3 is 2.70 bits per heavy atom. The molecule has 3 rings (SSSR count). The quantitative estimate of drug-likeness (QED) is 0.847. The first-order valence-corrected chi connectivity index (χ1v) is 6.88. The van der Waals surface area contributed by atoms with E-state index in [2.05, 4.69) is 19.1 Å². The molecule has 0 amide bonds. The molecule has 102 valence electrons. The summed E-state index contributed by atoms with van der Waals surface area (Å²) in [6, 6.07) is 15.9. The summed E-state index contributed by atoms with van der Waals surface area (Å²) in [6.07, 6.45) is 1.57. The van der Waals surface area contributed by atoms with Gasteiger partial charge in [-0.2, -0.15) is 0 Å². The van der Waals surface area contributed by atoms with Crippen LogP contribution >= 0.6 is 0 Å². The first kappa shape index (κ1) is 12.9. The number of methoxy groups -OCH3 is 1. The lowest BCUT2D eigenvalue weighted by molar-refractivity contribution is 0.0842. The number of hydrogen-bond acceptors (Lipinski definition) is 2. The zero-order chi connectivity index (χ0) is 14.2. The Bertz CT molecular complexity index is 660. The van der Waals surface area contributed by atoms with Gasteiger partial charge in [-0.05, 0) is 36.1 Å². The fourth-order valence-corrected chi connectivity index (χ4v) is 3.10. The standard InChI is InChI=1S/C18H18O2/c1-18(11-13-6-5-8-15(10-13)20-2)12-14-7-3-4-9-16(14)17(18)19/h3-10H,11-12H2,1-2H3. The van der Waals surface area contributed by atoms with Gasteiger partial charge in [0, 0.05) is 11.0 Å². The average Bonchev–Trinajstić information content (AvgIpc) is 2.71. The third-order valence-electron chi connectivity index (χ3n) is 4.12. The molecular formula is C18H18O2. The maximum atomic E-state index is 12.6. The predicted molar refractivity (Wildman–Crippen MR) is 79.3 cm³/mol. The fourth-order valence-electron chi connectivity index (χ4n) is 3.10. The molecule has 1 unspecified atom stereocenters. The van der Waals surface area contributed by atoms with Crippen molar-refractivity contribution >= 4 is 5.78 Å². The molecule has 0 aromatic heterocycles. The smallest absolute Gasteiger partial charge is 0.169 e. The van der Waals surface area contributed by atoms with Gasteiger partial charge in [-0.25, -0.2) is 0 Å². The van der Waals surface area contributed by atoms with E-state index in [0.717, 1.165) is 29.7 Å². The van der Waals surface area contributed by atoms with Crippen molar-refractivity contribution in [1.82, 2.24) is 0 Å². The van der Waals surface area contributed by atoms with Crippen molar-refractivity contribution in [1.29, 1.82) is 0 Å². The molecule has 0 heterocycles. The number of ketones is 1. The van der Waals surface area contributed by atoms with Crippen LogP contribution in [-0.4, -0.2) is 12.9 Å². The van der Waals surface area contributed by atoms with Crippen molar-refractivity contribution in [2.24, 2.45) is 5.41 Å². The van der Waals surface area contributed by atoms with Gasteiger partial charge in [0.2, 0.25) is 0 Å². The molecule has 0 spiro atoms. The molecule has 0 fully saturated rings. The Hall–Kier alpha value is -2.09. The van der Waals surface area contributed by atoms with Gasteiger partial charge in [0.25, 0.3) is 0 Å². The number of benzene rings is 2. The number of carbonyl (C=O) groups is 1. The molecule has 0 bridgehead atoms. The van der Waals surface area contributed by atoms with E-state index in [1.54, 1.807) is 7.11 Å². The summed E-state index contributed by atoms with van der Waals surface area (Å²) in [5.41, 5.74) is 2.87. The van der Waals surface area contributed by atoms with Crippen LogP contribution in [0.4, 0.5) is 0 Å². The number of ether oxygens (including phenoxy) is 1. The Kier molecular flexibility index (Phi) is 3.09. The van der Waals surface area contributed by atoms with Crippen LogP contribution in [0.25, 0.3) is 0 Å². The first-order valence-electron chi connectivity index (χ1n) is 6.88. The van der Waals surface area contributed by atoms with E-state index < -0.39 is 0 Å². The topological polar surface area (TPSA) is 26.3 Å². The van der Waals surface area contributed by atoms with Gasteiger partial charge in [0.1, 0.15) is 5.75 Å². The Morgan fingerprint density at radius 1 is 1.15 bits per heavy atom. The molecule has 2 heteroatoms. The zero-order valence-electron chi connectivity index (χ0n) is 11.8. The highest BCUT2D eigenvalue weighted by Crippen LogP contribution is 2.39. The first-order chi connectivity index (χ1) is 9.62. The van der Waals surface area contributed by atoms with Gasteiger partial charge in [-0.3, -0.25) is 4.79 Å². The molecule has 2 aromatic carbocycles. The lowest BCUT2D eigenvalue weighted by atomic mass is 9.80. The number of Topliss-reactive ketones (excluding diaryl/α,β-unsaturated/α-hetero) is 1. The lowest BCUT2D eigenvalue weighted by Crippen LogP contribution is -2.26. The van der Waals surface area contributed by atoms with Crippen LogP contribution in [0.2, 0.25) is 0 Å². The number of hydrogen-bond donors (Lipinski definition) is 0. The van der Waals surface area contributed by atoms with Crippen molar-refractivity contribution in [2.75, 3.05) is 7.11 Å². The second-order valence-corrected chi connectivity index (χ2v) is 5.75. The minimum atomic E-state index is -0.337. The van der Waals surface area contributed by atoms with Crippen molar-refractivity contribution in [2.45, 2.75) is 19.8 Å². The summed E-state index contributed by atoms with van der Waals surface area (Å²) in [4.78, 5) is 12.6. The predicted octanol–water partition coefficient (Wildman–Crippen LogP) is 3.68. The highest BCUT2D eigenvalue weighted by atomic mass is 16.5. The summed E-state index contributed by atoms with van der Waals surface area (Å²) >= 11 is 0. The van der Waals surface area contributed by atoms with Crippen LogP contribution in [0, 0.1) is 5.41 Å². The van der Waals surface area contributed by atoms with Crippen molar-refractivity contribution in [3.05, 3.63) is 65.2 Å². The largest absolute Gasteiger partial charge is 0.497 e. The summed E-state index contributed by atoms with van der Waals surface area (Å²) < 4.78 is 5.26. The third kappa shape index (κ3) is 2.11. The van der Waals surface area contributed by atoms with Gasteiger partial charge in [-0.1, -0.05) is 43.3 Å². The Labute approximate surface area is 119 Å². The van der Waals surface area contributed by atoms with Crippen LogP contribution in [0.5, 0.6) is 5.75 Å². The lowest BCUT2D eigenvalue weighted by Gasteiger charge is -2.22. The molecule has 0 radical (unpaired) electrons. The van der Waals surface area contributed by atoms with Crippen LogP contribution in [-0.2, 0) is 12.8 Å². The molecular weight excluding hydrogens is 248 g/mol. The highest BCUT2D eigenvalue weighted by Gasteiger charge is 2.41. The highest BCUT2D eigenvalue weighted by molar-refractivity contribution is 6.04.